The molecule has 12 nitrogen and oxygen atoms in total. The van der Waals surface area contributed by atoms with Gasteiger partial charge in [0.1, 0.15) is 11.5 Å². The molecule has 0 spiro atoms. The molecule has 4 aromatic rings. The lowest BCUT2D eigenvalue weighted by molar-refractivity contribution is -0.140. The van der Waals surface area contributed by atoms with Crippen LogP contribution in [0.5, 0.6) is 40.2 Å². The van der Waals surface area contributed by atoms with E-state index in [0.29, 0.717) is 58.8 Å². The van der Waals surface area contributed by atoms with Crippen LogP contribution in [-0.4, -0.2) is 72.3 Å². The quantitative estimate of drug-likeness (QED) is 0.186. The Bertz CT molecular complexity index is 1830. The summed E-state index contributed by atoms with van der Waals surface area (Å²) in [6.45, 7) is 0.735. The van der Waals surface area contributed by atoms with E-state index >= 15 is 0 Å². The van der Waals surface area contributed by atoms with E-state index in [2.05, 4.69) is 4.90 Å². The summed E-state index contributed by atoms with van der Waals surface area (Å²) < 4.78 is 44.9. The molecule has 0 bridgehead atoms. The van der Waals surface area contributed by atoms with Gasteiger partial charge in [0.15, 0.2) is 28.8 Å². The van der Waals surface area contributed by atoms with Crippen LogP contribution < -0.4 is 33.8 Å². The van der Waals surface area contributed by atoms with Crippen molar-refractivity contribution in [1.29, 1.82) is 0 Å². The number of carbonyl (C=O) groups excluding carboxylic acids is 1. The predicted molar refractivity (Wildman–Crippen MR) is 180 cm³/mol. The molecule has 1 aromatic heterocycles. The fourth-order valence-electron chi connectivity index (χ4n) is 6.34. The molecule has 0 saturated carbocycles. The molecule has 2 atom stereocenters. The maximum Gasteiger partial charge on any atom is 0.306 e. The number of esters is 1. The first-order valence-corrected chi connectivity index (χ1v) is 15.5. The minimum Gasteiger partial charge on any atom is -0.502 e. The van der Waals surface area contributed by atoms with Crippen molar-refractivity contribution >= 4 is 5.97 Å². The second kappa shape index (κ2) is 15.2. The van der Waals surface area contributed by atoms with Crippen LogP contribution in [0, 0.1) is 0 Å². The fourth-order valence-corrected chi connectivity index (χ4v) is 6.34. The maximum absolute atomic E-state index is 13.3. The van der Waals surface area contributed by atoms with E-state index in [4.69, 9.17) is 37.6 Å². The zero-order valence-corrected chi connectivity index (χ0v) is 28.7. The Hall–Kier alpha value is -5.36. The first kappa shape index (κ1) is 35.0. The lowest BCUT2D eigenvalue weighted by Gasteiger charge is -2.38. The van der Waals surface area contributed by atoms with Crippen LogP contribution >= 0.6 is 0 Å². The molecule has 0 aliphatic carbocycles. The smallest absolute Gasteiger partial charge is 0.306 e. The number of ether oxygens (including phenoxy) is 7. The minimum absolute atomic E-state index is 0.0359. The van der Waals surface area contributed by atoms with Gasteiger partial charge in [-0.15, -0.1) is 0 Å². The number of rotatable bonds is 13. The largest absolute Gasteiger partial charge is 0.502 e. The summed E-state index contributed by atoms with van der Waals surface area (Å²) in [6, 6.07) is 15.5. The summed E-state index contributed by atoms with van der Waals surface area (Å²) in [5.41, 5.74) is 2.82. The highest BCUT2D eigenvalue weighted by molar-refractivity contribution is 5.71. The molecule has 12 heteroatoms. The fraction of sp³-hybridized carbons (Fsp3) is 0.351. The van der Waals surface area contributed by atoms with Crippen LogP contribution in [-0.2, 0) is 22.5 Å². The summed E-state index contributed by atoms with van der Waals surface area (Å²) in [6.07, 6.45) is 0.484. The Kier molecular flexibility index (Phi) is 10.9. The Morgan fingerprint density at radius 1 is 0.837 bits per heavy atom. The molecule has 260 valence electrons. The molecular weight excluding hydrogens is 634 g/mol. The maximum atomic E-state index is 13.3. The van der Waals surface area contributed by atoms with Gasteiger partial charge in [-0.25, -0.2) is 0 Å². The topological polar surface area (TPSA) is 135 Å². The summed E-state index contributed by atoms with van der Waals surface area (Å²) in [7, 11) is 10.7. The number of hydrogen-bond donors (Lipinski definition) is 1. The molecular formula is C37H41NO11. The lowest BCUT2D eigenvalue weighted by atomic mass is 9.87. The number of fused-ring (bicyclic) bond motifs is 1. The van der Waals surface area contributed by atoms with Gasteiger partial charge in [0, 0.05) is 12.6 Å². The molecule has 49 heavy (non-hydrogen) atoms. The van der Waals surface area contributed by atoms with Crippen molar-refractivity contribution in [3.8, 4) is 40.2 Å². The van der Waals surface area contributed by atoms with Crippen molar-refractivity contribution in [3.63, 3.8) is 0 Å². The van der Waals surface area contributed by atoms with E-state index in [1.54, 1.807) is 66.9 Å². The molecule has 0 saturated heterocycles. The molecule has 5 rings (SSSR count). The number of benzene rings is 3. The number of methoxy groups -OCH3 is 7. The zero-order valence-electron chi connectivity index (χ0n) is 28.7. The number of nitrogens with zero attached hydrogens (tertiary/aromatic N) is 1. The van der Waals surface area contributed by atoms with Crippen LogP contribution in [0.1, 0.15) is 52.2 Å². The van der Waals surface area contributed by atoms with Crippen molar-refractivity contribution in [2.24, 2.45) is 0 Å². The van der Waals surface area contributed by atoms with E-state index in [0.717, 1.165) is 16.7 Å². The standard InChI is InChI=1S/C37H41NO11/c1-42-24-10-8-21(9-11-24)27(19-33(40)47-6)36-35(41)28(39)17-25(49-36)20-38-13-12-22-14-29(43-2)30(44-3)18-26(22)34(38)23-15-31(45-4)37(48-7)32(16-23)46-5/h8-11,14-18,27,34,41H,12-13,19-20H2,1-7H3. The van der Waals surface area contributed by atoms with Crippen LogP contribution in [0.2, 0.25) is 0 Å². The van der Waals surface area contributed by atoms with Crippen molar-refractivity contribution in [2.45, 2.75) is 31.3 Å². The van der Waals surface area contributed by atoms with E-state index in [1.807, 2.05) is 24.3 Å². The Balaban J connectivity index is 1.64. The monoisotopic (exact) mass is 675 g/mol. The highest BCUT2D eigenvalue weighted by Gasteiger charge is 2.34. The second-order valence-corrected chi connectivity index (χ2v) is 11.4. The molecule has 1 aliphatic heterocycles. The number of carbonyl (C=O) groups is 1. The average molecular weight is 676 g/mol. The van der Waals surface area contributed by atoms with Gasteiger partial charge in [0.25, 0.3) is 0 Å². The lowest BCUT2D eigenvalue weighted by Crippen LogP contribution is -2.36. The Labute approximate surface area is 284 Å². The third kappa shape index (κ3) is 7.09. The summed E-state index contributed by atoms with van der Waals surface area (Å²) in [5.74, 6) is 1.53. The number of hydrogen-bond acceptors (Lipinski definition) is 12. The predicted octanol–water partition coefficient (Wildman–Crippen LogP) is 5.24. The molecule has 1 aliphatic rings. The van der Waals surface area contributed by atoms with Crippen molar-refractivity contribution in [3.05, 3.63) is 98.6 Å². The number of aromatic hydroxyl groups is 1. The molecule has 1 N–H and O–H groups in total. The average Bonchev–Trinajstić information content (AvgIpc) is 3.13. The summed E-state index contributed by atoms with van der Waals surface area (Å²) >= 11 is 0. The van der Waals surface area contributed by atoms with Gasteiger partial charge in [-0.3, -0.25) is 14.5 Å². The van der Waals surface area contributed by atoms with E-state index in [9.17, 15) is 14.7 Å². The van der Waals surface area contributed by atoms with Gasteiger partial charge in [-0.1, -0.05) is 12.1 Å². The zero-order chi connectivity index (χ0) is 35.2. The highest BCUT2D eigenvalue weighted by atomic mass is 16.5. The van der Waals surface area contributed by atoms with Crippen molar-refractivity contribution in [2.75, 3.05) is 56.3 Å². The van der Waals surface area contributed by atoms with E-state index < -0.39 is 29.1 Å². The van der Waals surface area contributed by atoms with Crippen LogP contribution in [0.3, 0.4) is 0 Å². The van der Waals surface area contributed by atoms with Gasteiger partial charge >= 0.3 is 5.97 Å². The third-order valence-corrected chi connectivity index (χ3v) is 8.77. The molecule has 0 fully saturated rings. The SMILES string of the molecule is COC(=O)CC(c1ccc(OC)cc1)c1oc(CN2CCc3cc(OC)c(OC)cc3C2c2cc(OC)c(OC)c(OC)c2)cc(=O)c1O. The minimum atomic E-state index is -0.810. The van der Waals surface area contributed by atoms with Gasteiger partial charge in [0.05, 0.1) is 74.7 Å². The normalized spacial score (nSPS) is 14.7. The first-order valence-electron chi connectivity index (χ1n) is 15.5. The highest BCUT2D eigenvalue weighted by Crippen LogP contribution is 2.46. The molecule has 2 heterocycles. The first-order chi connectivity index (χ1) is 23.7. The molecule has 3 aromatic carbocycles. The third-order valence-electron chi connectivity index (χ3n) is 8.77. The van der Waals surface area contributed by atoms with E-state index in [1.165, 1.54) is 13.2 Å². The Morgan fingerprint density at radius 3 is 2.04 bits per heavy atom. The molecule has 0 radical (unpaired) electrons. The van der Waals surface area contributed by atoms with E-state index in [-0.39, 0.29) is 18.7 Å². The molecule has 0 amide bonds. The van der Waals surface area contributed by atoms with Gasteiger partial charge in [-0.05, 0) is 65.1 Å². The van der Waals surface area contributed by atoms with Crippen LogP contribution in [0.15, 0.2) is 63.8 Å². The Morgan fingerprint density at radius 2 is 1.47 bits per heavy atom. The molecule has 2 unspecified atom stereocenters. The van der Waals surface area contributed by atoms with Crippen LogP contribution in [0.4, 0.5) is 0 Å². The van der Waals surface area contributed by atoms with Crippen molar-refractivity contribution in [1.82, 2.24) is 4.90 Å². The van der Waals surface area contributed by atoms with Crippen molar-refractivity contribution < 1.29 is 47.5 Å². The van der Waals surface area contributed by atoms with Gasteiger partial charge < -0.3 is 42.7 Å². The summed E-state index contributed by atoms with van der Waals surface area (Å²) in [4.78, 5) is 28.0. The van der Waals surface area contributed by atoms with Crippen LogP contribution in [0.25, 0.3) is 0 Å². The summed E-state index contributed by atoms with van der Waals surface area (Å²) in [5, 5.41) is 11.0. The van der Waals surface area contributed by atoms with Gasteiger partial charge in [-0.2, -0.15) is 0 Å². The van der Waals surface area contributed by atoms with Gasteiger partial charge in [0.2, 0.25) is 16.9 Å². The second-order valence-electron chi connectivity index (χ2n) is 11.4.